The van der Waals surface area contributed by atoms with Crippen LogP contribution in [-0.2, 0) is 0 Å². The molecule has 0 radical (unpaired) electrons. The zero-order chi connectivity index (χ0) is 12.3. The van der Waals surface area contributed by atoms with Crippen LogP contribution in [0.3, 0.4) is 0 Å². The van der Waals surface area contributed by atoms with E-state index in [9.17, 15) is 10.1 Å². The molecule has 16 heavy (non-hydrogen) atoms. The summed E-state index contributed by atoms with van der Waals surface area (Å²) in [5.41, 5.74) is 5.20. The Hall–Kier alpha value is -1.85. The van der Waals surface area contributed by atoms with Gasteiger partial charge in [0.1, 0.15) is 5.82 Å². The van der Waals surface area contributed by atoms with Crippen molar-refractivity contribution in [3.8, 4) is 0 Å². The molecule has 0 aromatic carbocycles. The lowest BCUT2D eigenvalue weighted by molar-refractivity contribution is -0.384. The summed E-state index contributed by atoms with van der Waals surface area (Å²) in [7, 11) is 0. The van der Waals surface area contributed by atoms with Crippen LogP contribution >= 0.6 is 0 Å². The van der Waals surface area contributed by atoms with Crippen molar-refractivity contribution >= 4 is 17.3 Å². The zero-order valence-corrected chi connectivity index (χ0v) is 9.65. The normalized spacial score (nSPS) is 11.2. The van der Waals surface area contributed by atoms with Crippen molar-refractivity contribution in [1.29, 1.82) is 0 Å². The molecule has 3 N–H and O–H groups in total. The van der Waals surface area contributed by atoms with Gasteiger partial charge in [0.25, 0.3) is 0 Å². The molecule has 0 aliphatic carbocycles. The van der Waals surface area contributed by atoms with Crippen molar-refractivity contribution in [2.75, 3.05) is 11.1 Å². The number of hydrogen-bond acceptors (Lipinski definition) is 5. The van der Waals surface area contributed by atoms with Crippen LogP contribution in [0.25, 0.3) is 0 Å². The largest absolute Gasteiger partial charge is 0.384 e. The van der Waals surface area contributed by atoms with Crippen LogP contribution in [0.1, 0.15) is 27.2 Å². The van der Waals surface area contributed by atoms with Crippen LogP contribution in [0.5, 0.6) is 0 Å². The van der Waals surface area contributed by atoms with Gasteiger partial charge in [-0.3, -0.25) is 10.1 Å². The van der Waals surface area contributed by atoms with Gasteiger partial charge in [0.15, 0.2) is 0 Å². The van der Waals surface area contributed by atoms with Crippen molar-refractivity contribution < 1.29 is 4.92 Å². The first-order chi connectivity index (χ1) is 7.35. The molecular weight excluding hydrogens is 208 g/mol. The minimum Gasteiger partial charge on any atom is -0.384 e. The van der Waals surface area contributed by atoms with Gasteiger partial charge < -0.3 is 11.1 Å². The summed E-state index contributed by atoms with van der Waals surface area (Å²) in [5.74, 6) is 0.483. The number of pyridine rings is 1. The maximum Gasteiger partial charge on any atom is 0.311 e. The van der Waals surface area contributed by atoms with Gasteiger partial charge in [0.2, 0.25) is 5.82 Å². The molecule has 0 amide bonds. The van der Waals surface area contributed by atoms with E-state index in [0.717, 1.165) is 6.42 Å². The van der Waals surface area contributed by atoms with Gasteiger partial charge in [-0.2, -0.15) is 0 Å². The maximum atomic E-state index is 10.8. The molecule has 0 aliphatic rings. The molecule has 0 saturated heterocycles. The fraction of sp³-hybridized carbons (Fsp3) is 0.500. The molecule has 0 aliphatic heterocycles. The number of nitrogens with two attached hydrogens (primary N) is 1. The number of anilines is 2. The van der Waals surface area contributed by atoms with E-state index in [1.54, 1.807) is 0 Å². The van der Waals surface area contributed by atoms with Gasteiger partial charge in [0.05, 0.1) is 4.92 Å². The second-order valence-electron chi connectivity index (χ2n) is 4.22. The lowest BCUT2D eigenvalue weighted by Crippen LogP contribution is -2.30. The van der Waals surface area contributed by atoms with Gasteiger partial charge >= 0.3 is 5.69 Å². The predicted molar refractivity (Wildman–Crippen MR) is 63.3 cm³/mol. The summed E-state index contributed by atoms with van der Waals surface area (Å²) in [6, 6.07) is 2.78. The highest BCUT2D eigenvalue weighted by atomic mass is 16.6. The lowest BCUT2D eigenvalue weighted by atomic mass is 10.0. The number of hydrogen-bond donors (Lipinski definition) is 2. The van der Waals surface area contributed by atoms with Gasteiger partial charge in [-0.15, -0.1) is 0 Å². The first kappa shape index (κ1) is 12.2. The first-order valence-electron chi connectivity index (χ1n) is 5.05. The third-order valence-corrected chi connectivity index (χ3v) is 2.43. The van der Waals surface area contributed by atoms with Crippen molar-refractivity contribution in [1.82, 2.24) is 4.98 Å². The molecule has 1 aromatic rings. The third-order valence-electron chi connectivity index (χ3n) is 2.43. The number of nitrogens with one attached hydrogen (secondary N) is 1. The smallest absolute Gasteiger partial charge is 0.311 e. The van der Waals surface area contributed by atoms with Crippen molar-refractivity contribution in [3.05, 3.63) is 22.2 Å². The summed E-state index contributed by atoms with van der Waals surface area (Å²) in [6.07, 6.45) is 0.820. The average Bonchev–Trinajstić information content (AvgIpc) is 2.16. The molecule has 0 spiro atoms. The van der Waals surface area contributed by atoms with Crippen LogP contribution in [0.15, 0.2) is 12.1 Å². The molecule has 88 valence electrons. The zero-order valence-electron chi connectivity index (χ0n) is 9.65. The Kier molecular flexibility index (Phi) is 3.31. The maximum absolute atomic E-state index is 10.8. The molecule has 0 saturated carbocycles. The second kappa shape index (κ2) is 4.34. The van der Waals surface area contributed by atoms with Gasteiger partial charge in [-0.1, -0.05) is 6.92 Å². The molecule has 6 heteroatoms. The van der Waals surface area contributed by atoms with Crippen LogP contribution < -0.4 is 11.1 Å². The lowest BCUT2D eigenvalue weighted by Gasteiger charge is -2.24. The Morgan fingerprint density at radius 2 is 2.19 bits per heavy atom. The number of aromatic nitrogens is 1. The summed E-state index contributed by atoms with van der Waals surface area (Å²) < 4.78 is 0. The van der Waals surface area contributed by atoms with Crippen LogP contribution in [-0.4, -0.2) is 15.4 Å². The van der Waals surface area contributed by atoms with Crippen LogP contribution in [0, 0.1) is 10.1 Å². The van der Waals surface area contributed by atoms with Crippen LogP contribution in [0.4, 0.5) is 17.3 Å². The monoisotopic (exact) mass is 224 g/mol. The number of nitro groups is 1. The first-order valence-corrected chi connectivity index (χ1v) is 5.05. The van der Waals surface area contributed by atoms with Gasteiger partial charge in [-0.25, -0.2) is 4.98 Å². The average molecular weight is 224 g/mol. The van der Waals surface area contributed by atoms with Gasteiger partial charge in [0, 0.05) is 11.6 Å². The van der Waals surface area contributed by atoms with Crippen molar-refractivity contribution in [2.45, 2.75) is 32.7 Å². The second-order valence-corrected chi connectivity index (χ2v) is 4.22. The fourth-order valence-electron chi connectivity index (χ4n) is 1.12. The molecule has 1 aromatic heterocycles. The van der Waals surface area contributed by atoms with E-state index in [0.29, 0.717) is 0 Å². The van der Waals surface area contributed by atoms with Gasteiger partial charge in [-0.05, 0) is 26.3 Å². The van der Waals surface area contributed by atoms with Crippen molar-refractivity contribution in [3.63, 3.8) is 0 Å². The van der Waals surface area contributed by atoms with Crippen molar-refractivity contribution in [2.24, 2.45) is 0 Å². The quantitative estimate of drug-likeness (QED) is 0.603. The molecule has 6 nitrogen and oxygen atoms in total. The Morgan fingerprint density at radius 1 is 1.56 bits per heavy atom. The highest BCUT2D eigenvalue weighted by molar-refractivity contribution is 5.60. The summed E-state index contributed by atoms with van der Waals surface area (Å²) in [4.78, 5) is 14.3. The fourth-order valence-corrected chi connectivity index (χ4v) is 1.12. The Bertz CT molecular complexity index is 404. The molecule has 0 unspecified atom stereocenters. The number of rotatable bonds is 4. The van der Waals surface area contributed by atoms with E-state index in [-0.39, 0.29) is 22.9 Å². The summed E-state index contributed by atoms with van der Waals surface area (Å²) in [6.45, 7) is 5.88. The molecule has 0 atom stereocenters. The Morgan fingerprint density at radius 3 is 2.69 bits per heavy atom. The standard InChI is InChI=1S/C10H16N4O2/c1-4-10(2,3)13-9-7(14(15)16)5-6-8(11)12-9/h5-6H,4H2,1-3H3,(H3,11,12,13). The van der Waals surface area contributed by atoms with E-state index in [1.165, 1.54) is 12.1 Å². The predicted octanol–water partition coefficient (Wildman–Crippen LogP) is 2.17. The Labute approximate surface area is 94.0 Å². The molecular formula is C10H16N4O2. The summed E-state index contributed by atoms with van der Waals surface area (Å²) >= 11 is 0. The highest BCUT2D eigenvalue weighted by Gasteiger charge is 2.22. The molecule has 1 rings (SSSR count). The topological polar surface area (TPSA) is 94.1 Å². The molecule has 0 bridgehead atoms. The third kappa shape index (κ3) is 2.82. The van der Waals surface area contributed by atoms with Crippen LogP contribution in [0.2, 0.25) is 0 Å². The minimum atomic E-state index is -0.472. The van der Waals surface area contributed by atoms with E-state index in [4.69, 9.17) is 5.73 Å². The number of nitrogen functional groups attached to an aromatic ring is 1. The van der Waals surface area contributed by atoms with E-state index >= 15 is 0 Å². The number of nitrogens with zero attached hydrogens (tertiary/aromatic N) is 2. The SMILES string of the molecule is CCC(C)(C)Nc1nc(N)ccc1[N+](=O)[O-]. The highest BCUT2D eigenvalue weighted by Crippen LogP contribution is 2.26. The Balaban J connectivity index is 3.10. The van der Waals surface area contributed by atoms with E-state index < -0.39 is 4.92 Å². The molecule has 0 fully saturated rings. The summed E-state index contributed by atoms with van der Waals surface area (Å²) in [5, 5.41) is 13.8. The van der Waals surface area contributed by atoms with E-state index in [2.05, 4.69) is 10.3 Å². The molecule has 1 heterocycles. The minimum absolute atomic E-state index is 0.0595. The van der Waals surface area contributed by atoms with E-state index in [1.807, 2.05) is 20.8 Å².